The molecule has 6 nitrogen and oxygen atoms in total. The van der Waals surface area contributed by atoms with Crippen LogP contribution < -0.4 is 9.11 Å². The first kappa shape index (κ1) is 21.5. The Morgan fingerprint density at radius 3 is 2.55 bits per heavy atom. The summed E-state index contributed by atoms with van der Waals surface area (Å²) in [7, 11) is -2.24. The zero-order chi connectivity index (χ0) is 23.3. The van der Waals surface area contributed by atoms with Gasteiger partial charge in [-0.2, -0.15) is 4.99 Å². The lowest BCUT2D eigenvalue weighted by Crippen LogP contribution is -2.29. The van der Waals surface area contributed by atoms with Crippen LogP contribution in [0.5, 0.6) is 0 Å². The maximum absolute atomic E-state index is 14.1. The van der Waals surface area contributed by atoms with Gasteiger partial charge in [0, 0.05) is 25.2 Å². The smallest absolute Gasteiger partial charge is 0.279 e. The van der Waals surface area contributed by atoms with Gasteiger partial charge in [-0.05, 0) is 48.4 Å². The second-order valence-electron chi connectivity index (χ2n) is 7.58. The first-order valence-corrected chi connectivity index (χ1v) is 12.3. The van der Waals surface area contributed by atoms with E-state index < -0.39 is 27.6 Å². The van der Waals surface area contributed by atoms with Crippen molar-refractivity contribution in [1.82, 2.24) is 4.57 Å². The lowest BCUT2D eigenvalue weighted by Gasteiger charge is -2.19. The SMILES string of the molecule is Cn1c(=NC(=O)c2ccc(S(=O)(=O)N3CCc4ccccc43)cc2)sc2cc(F)cc(F)c21. The molecule has 1 amide bonds. The van der Waals surface area contributed by atoms with E-state index in [1.807, 2.05) is 12.1 Å². The highest BCUT2D eigenvalue weighted by atomic mass is 32.2. The molecule has 0 spiro atoms. The predicted molar refractivity (Wildman–Crippen MR) is 122 cm³/mol. The molecule has 0 saturated heterocycles. The van der Waals surface area contributed by atoms with E-state index in [-0.39, 0.29) is 20.8 Å². The summed E-state index contributed by atoms with van der Waals surface area (Å²) in [5.41, 5.74) is 1.97. The molecule has 0 atom stereocenters. The number of halogens is 2. The van der Waals surface area contributed by atoms with Gasteiger partial charge < -0.3 is 4.57 Å². The van der Waals surface area contributed by atoms with Crippen LogP contribution in [0.4, 0.5) is 14.5 Å². The Bertz CT molecular complexity index is 1590. The summed E-state index contributed by atoms with van der Waals surface area (Å²) < 4.78 is 56.9. The number of sulfonamides is 1. The van der Waals surface area contributed by atoms with E-state index in [1.165, 1.54) is 46.3 Å². The van der Waals surface area contributed by atoms with E-state index in [0.717, 1.165) is 23.0 Å². The number of thiazole rings is 1. The molecule has 1 aliphatic heterocycles. The van der Waals surface area contributed by atoms with Crippen LogP contribution in [-0.4, -0.2) is 25.4 Å². The van der Waals surface area contributed by atoms with Gasteiger partial charge in [0.15, 0.2) is 10.6 Å². The zero-order valence-corrected chi connectivity index (χ0v) is 19.0. The summed E-state index contributed by atoms with van der Waals surface area (Å²) in [6.07, 6.45) is 0.640. The summed E-state index contributed by atoms with van der Waals surface area (Å²) in [4.78, 5) is 17.0. The van der Waals surface area contributed by atoms with Crippen molar-refractivity contribution >= 4 is 43.2 Å². The molecule has 1 aromatic heterocycles. The van der Waals surface area contributed by atoms with Crippen LogP contribution in [0.25, 0.3) is 10.2 Å². The van der Waals surface area contributed by atoms with Crippen molar-refractivity contribution in [2.24, 2.45) is 12.0 Å². The summed E-state index contributed by atoms with van der Waals surface area (Å²) in [5, 5.41) is 0. The molecule has 0 fully saturated rings. The molecule has 0 N–H and O–H groups in total. The number of carbonyl (C=O) groups is 1. The number of rotatable bonds is 3. The molecular weight excluding hydrogens is 468 g/mol. The number of aromatic nitrogens is 1. The molecule has 1 aliphatic rings. The van der Waals surface area contributed by atoms with Crippen molar-refractivity contribution in [2.75, 3.05) is 10.8 Å². The van der Waals surface area contributed by atoms with Crippen molar-refractivity contribution in [3.05, 3.63) is 88.2 Å². The molecule has 3 aromatic carbocycles. The molecule has 168 valence electrons. The highest BCUT2D eigenvalue weighted by Gasteiger charge is 2.30. The lowest BCUT2D eigenvalue weighted by atomic mass is 10.2. The van der Waals surface area contributed by atoms with Crippen LogP contribution in [0.15, 0.2) is 70.6 Å². The van der Waals surface area contributed by atoms with Crippen molar-refractivity contribution in [2.45, 2.75) is 11.3 Å². The zero-order valence-electron chi connectivity index (χ0n) is 17.3. The molecule has 0 aliphatic carbocycles. The third kappa shape index (κ3) is 3.65. The third-order valence-electron chi connectivity index (χ3n) is 5.55. The monoisotopic (exact) mass is 485 g/mol. The fourth-order valence-electron chi connectivity index (χ4n) is 3.91. The number of hydrogen-bond donors (Lipinski definition) is 0. The molecule has 5 rings (SSSR count). The topological polar surface area (TPSA) is 71.7 Å². The molecule has 4 aromatic rings. The number of nitrogens with zero attached hydrogens (tertiary/aromatic N) is 3. The number of anilines is 1. The average Bonchev–Trinajstić information content (AvgIpc) is 3.35. The van der Waals surface area contributed by atoms with Gasteiger partial charge in [-0.25, -0.2) is 17.2 Å². The van der Waals surface area contributed by atoms with E-state index in [2.05, 4.69) is 4.99 Å². The van der Waals surface area contributed by atoms with E-state index >= 15 is 0 Å². The lowest BCUT2D eigenvalue weighted by molar-refractivity contribution is 0.0998. The van der Waals surface area contributed by atoms with E-state index in [1.54, 1.807) is 12.1 Å². The van der Waals surface area contributed by atoms with E-state index in [4.69, 9.17) is 0 Å². The first-order chi connectivity index (χ1) is 15.8. The number of carbonyl (C=O) groups excluding carboxylic acids is 1. The fourth-order valence-corrected chi connectivity index (χ4v) is 6.47. The first-order valence-electron chi connectivity index (χ1n) is 10.00. The Hall–Kier alpha value is -3.37. The maximum Gasteiger partial charge on any atom is 0.279 e. The fraction of sp³-hybridized carbons (Fsp3) is 0.130. The number of fused-ring (bicyclic) bond motifs is 2. The number of hydrogen-bond acceptors (Lipinski definition) is 4. The summed E-state index contributed by atoms with van der Waals surface area (Å²) in [6.45, 7) is 0.358. The molecule has 10 heteroatoms. The van der Waals surface area contributed by atoms with Crippen molar-refractivity contribution in [3.63, 3.8) is 0 Å². The second-order valence-corrected chi connectivity index (χ2v) is 10.4. The van der Waals surface area contributed by atoms with Gasteiger partial charge in [-0.1, -0.05) is 29.5 Å². The van der Waals surface area contributed by atoms with Crippen LogP contribution in [0.1, 0.15) is 15.9 Å². The van der Waals surface area contributed by atoms with Crippen LogP contribution in [-0.2, 0) is 23.5 Å². The minimum atomic E-state index is -3.77. The van der Waals surface area contributed by atoms with Gasteiger partial charge >= 0.3 is 0 Å². The standard InChI is InChI=1S/C23H17F2N3O3S2/c1-27-21-18(25)12-16(24)13-20(21)32-23(27)26-22(29)15-6-8-17(9-7-15)33(30,31)28-11-10-14-4-2-3-5-19(14)28/h2-9,12-13H,10-11H2,1H3. The quantitative estimate of drug-likeness (QED) is 0.440. The molecule has 2 heterocycles. The minimum absolute atomic E-state index is 0.0701. The van der Waals surface area contributed by atoms with E-state index in [9.17, 15) is 22.0 Å². The Kier molecular flexibility index (Phi) is 5.13. The number of para-hydroxylation sites is 1. The Balaban J connectivity index is 1.46. The Labute approximate surface area is 192 Å². The summed E-state index contributed by atoms with van der Waals surface area (Å²) in [5.74, 6) is -2.07. The number of aryl methyl sites for hydroxylation is 1. The van der Waals surface area contributed by atoms with Crippen LogP contribution in [0.2, 0.25) is 0 Å². The van der Waals surface area contributed by atoms with Crippen LogP contribution >= 0.6 is 11.3 Å². The maximum atomic E-state index is 14.1. The third-order valence-corrected chi connectivity index (χ3v) is 8.45. The van der Waals surface area contributed by atoms with Gasteiger partial charge in [0.25, 0.3) is 15.9 Å². The van der Waals surface area contributed by atoms with Gasteiger partial charge in [0.2, 0.25) is 0 Å². The molecule has 0 saturated carbocycles. The van der Waals surface area contributed by atoms with Gasteiger partial charge in [-0.3, -0.25) is 9.10 Å². The molecule has 33 heavy (non-hydrogen) atoms. The van der Waals surface area contributed by atoms with Crippen molar-refractivity contribution in [1.29, 1.82) is 0 Å². The van der Waals surface area contributed by atoms with Gasteiger partial charge in [0.1, 0.15) is 5.82 Å². The summed E-state index contributed by atoms with van der Waals surface area (Å²) in [6, 6.07) is 14.9. The molecule has 0 unspecified atom stereocenters. The largest absolute Gasteiger partial charge is 0.317 e. The molecule has 0 bridgehead atoms. The number of amides is 1. The van der Waals surface area contributed by atoms with Crippen molar-refractivity contribution in [3.8, 4) is 0 Å². The average molecular weight is 486 g/mol. The van der Waals surface area contributed by atoms with Crippen LogP contribution in [0.3, 0.4) is 0 Å². The Morgan fingerprint density at radius 1 is 1.06 bits per heavy atom. The number of benzene rings is 3. The van der Waals surface area contributed by atoms with Crippen LogP contribution in [0, 0.1) is 11.6 Å². The minimum Gasteiger partial charge on any atom is -0.317 e. The highest BCUT2D eigenvalue weighted by molar-refractivity contribution is 7.92. The van der Waals surface area contributed by atoms with E-state index in [0.29, 0.717) is 23.4 Å². The van der Waals surface area contributed by atoms with Crippen molar-refractivity contribution < 1.29 is 22.0 Å². The predicted octanol–water partition coefficient (Wildman–Crippen LogP) is 4.01. The molecular formula is C23H17F2N3O3S2. The summed E-state index contributed by atoms with van der Waals surface area (Å²) >= 11 is 0.986. The Morgan fingerprint density at radius 2 is 1.79 bits per heavy atom. The van der Waals surface area contributed by atoms with Gasteiger partial charge in [0.05, 0.1) is 20.8 Å². The van der Waals surface area contributed by atoms with Gasteiger partial charge in [-0.15, -0.1) is 0 Å². The molecule has 0 radical (unpaired) electrons. The highest BCUT2D eigenvalue weighted by Crippen LogP contribution is 2.32. The normalized spacial score (nSPS) is 14.2. The second kappa shape index (κ2) is 7.89.